The summed E-state index contributed by atoms with van der Waals surface area (Å²) in [6.07, 6.45) is 5.10. The maximum absolute atomic E-state index is 12.4. The van der Waals surface area contributed by atoms with Crippen LogP contribution in [0.5, 0.6) is 17.2 Å². The lowest BCUT2D eigenvalue weighted by atomic mass is 10.1. The van der Waals surface area contributed by atoms with Crippen molar-refractivity contribution in [2.24, 2.45) is 0 Å². The van der Waals surface area contributed by atoms with Crippen molar-refractivity contribution >= 4 is 23.2 Å². The van der Waals surface area contributed by atoms with E-state index in [1.807, 2.05) is 0 Å². The van der Waals surface area contributed by atoms with Gasteiger partial charge < -0.3 is 19.5 Å². The smallest absolute Gasteiger partial charge is 0.263 e. The van der Waals surface area contributed by atoms with Gasteiger partial charge in [0.15, 0.2) is 11.5 Å². The summed E-state index contributed by atoms with van der Waals surface area (Å²) in [5, 5.41) is 12.0. The van der Waals surface area contributed by atoms with E-state index in [4.69, 9.17) is 19.4 Å². The van der Waals surface area contributed by atoms with Crippen molar-refractivity contribution in [1.82, 2.24) is 15.8 Å². The Balaban J connectivity index is 1.90. The summed E-state index contributed by atoms with van der Waals surface area (Å²) in [5.74, 6) is 0.978. The maximum Gasteiger partial charge on any atom is 0.263 e. The molecule has 0 aliphatic heterocycles. The van der Waals surface area contributed by atoms with Crippen LogP contribution in [0.1, 0.15) is 41.8 Å². The number of hydrogen-bond acceptors (Lipinski definition) is 8. The highest BCUT2D eigenvalue weighted by Crippen LogP contribution is 2.41. The molecule has 2 aromatic rings. The first-order valence-electron chi connectivity index (χ1n) is 9.51. The SMILES string of the molecule is COc1cc(-c2ncc(C(=O)NCCCCCCC(=O)NO)s2)cc(OC)c1OC. The van der Waals surface area contributed by atoms with Crippen LogP contribution < -0.4 is 25.0 Å². The molecule has 30 heavy (non-hydrogen) atoms. The van der Waals surface area contributed by atoms with Crippen molar-refractivity contribution in [3.05, 3.63) is 23.2 Å². The van der Waals surface area contributed by atoms with Gasteiger partial charge in [0, 0.05) is 18.5 Å². The normalized spacial score (nSPS) is 10.4. The zero-order valence-electron chi connectivity index (χ0n) is 17.3. The van der Waals surface area contributed by atoms with Gasteiger partial charge in [0.2, 0.25) is 11.7 Å². The third-order valence-electron chi connectivity index (χ3n) is 4.38. The van der Waals surface area contributed by atoms with Gasteiger partial charge in [0.25, 0.3) is 5.91 Å². The Bertz CT molecular complexity index is 830. The van der Waals surface area contributed by atoms with Crippen molar-refractivity contribution in [2.45, 2.75) is 32.1 Å². The van der Waals surface area contributed by atoms with Crippen LogP contribution in [0.15, 0.2) is 18.3 Å². The summed E-state index contributed by atoms with van der Waals surface area (Å²) in [4.78, 5) is 28.1. The Hall–Kier alpha value is -2.85. The predicted octanol–water partition coefficient (Wildman–Crippen LogP) is 3.02. The van der Waals surface area contributed by atoms with E-state index in [0.29, 0.717) is 46.5 Å². The van der Waals surface area contributed by atoms with Crippen LogP contribution in [-0.2, 0) is 4.79 Å². The van der Waals surface area contributed by atoms with Crippen LogP contribution in [0.3, 0.4) is 0 Å². The molecule has 1 heterocycles. The molecule has 0 aliphatic carbocycles. The number of aromatic nitrogens is 1. The molecular formula is C20H27N3O6S. The standard InChI is InChI=1S/C20H27N3O6S/c1-27-14-10-13(11-15(28-2)18(14)29-3)20-22-12-16(30-20)19(25)21-9-7-5-4-6-8-17(24)23-26/h10-12,26H,4-9H2,1-3H3,(H,21,25)(H,23,24). The van der Waals surface area contributed by atoms with Gasteiger partial charge in [-0.2, -0.15) is 0 Å². The Morgan fingerprint density at radius 1 is 1.03 bits per heavy atom. The summed E-state index contributed by atoms with van der Waals surface area (Å²) in [7, 11) is 4.63. The quantitative estimate of drug-likeness (QED) is 0.265. The molecule has 2 amide bonds. The van der Waals surface area contributed by atoms with E-state index in [9.17, 15) is 9.59 Å². The summed E-state index contributed by atoms with van der Waals surface area (Å²) in [6.45, 7) is 0.544. The van der Waals surface area contributed by atoms with Crippen molar-refractivity contribution in [3.8, 4) is 27.8 Å². The fourth-order valence-corrected chi connectivity index (χ4v) is 3.65. The number of carbonyl (C=O) groups is 2. The molecule has 0 aliphatic rings. The lowest BCUT2D eigenvalue weighted by molar-refractivity contribution is -0.129. The first kappa shape index (κ1) is 23.4. The molecule has 9 nitrogen and oxygen atoms in total. The lowest BCUT2D eigenvalue weighted by Gasteiger charge is -2.13. The Kier molecular flexibility index (Phi) is 9.36. The molecule has 0 spiro atoms. The summed E-state index contributed by atoms with van der Waals surface area (Å²) in [5.41, 5.74) is 2.38. The fraction of sp³-hybridized carbons (Fsp3) is 0.450. The van der Waals surface area contributed by atoms with Crippen LogP contribution in [0.25, 0.3) is 10.6 Å². The molecule has 2 rings (SSSR count). The largest absolute Gasteiger partial charge is 0.493 e. The highest BCUT2D eigenvalue weighted by Gasteiger charge is 2.17. The van der Waals surface area contributed by atoms with Gasteiger partial charge in [0.05, 0.1) is 27.5 Å². The highest BCUT2D eigenvalue weighted by molar-refractivity contribution is 7.16. The van der Waals surface area contributed by atoms with Gasteiger partial charge in [-0.15, -0.1) is 11.3 Å². The van der Waals surface area contributed by atoms with Crippen LogP contribution in [0, 0.1) is 0 Å². The number of thiazole rings is 1. The minimum absolute atomic E-state index is 0.175. The number of rotatable bonds is 12. The number of hydrogen-bond donors (Lipinski definition) is 3. The molecule has 1 aromatic heterocycles. The lowest BCUT2D eigenvalue weighted by Crippen LogP contribution is -2.23. The fourth-order valence-electron chi connectivity index (χ4n) is 2.83. The summed E-state index contributed by atoms with van der Waals surface area (Å²) >= 11 is 1.28. The molecule has 0 radical (unpaired) electrons. The van der Waals surface area contributed by atoms with Gasteiger partial charge in [-0.3, -0.25) is 14.8 Å². The zero-order valence-corrected chi connectivity index (χ0v) is 18.1. The average molecular weight is 438 g/mol. The number of nitrogens with one attached hydrogen (secondary N) is 2. The number of amides is 2. The molecule has 0 unspecified atom stereocenters. The van der Waals surface area contributed by atoms with Crippen molar-refractivity contribution in [1.29, 1.82) is 0 Å². The molecule has 10 heteroatoms. The van der Waals surface area contributed by atoms with Crippen molar-refractivity contribution in [2.75, 3.05) is 27.9 Å². The first-order chi connectivity index (χ1) is 14.5. The predicted molar refractivity (Wildman–Crippen MR) is 113 cm³/mol. The van der Waals surface area contributed by atoms with Crippen LogP contribution >= 0.6 is 11.3 Å². The van der Waals surface area contributed by atoms with Gasteiger partial charge in [0.1, 0.15) is 9.88 Å². The van der Waals surface area contributed by atoms with E-state index in [2.05, 4.69) is 10.3 Å². The van der Waals surface area contributed by atoms with Crippen LogP contribution in [0.4, 0.5) is 0 Å². The summed E-state index contributed by atoms with van der Waals surface area (Å²) in [6, 6.07) is 3.58. The molecule has 164 valence electrons. The molecule has 0 fully saturated rings. The van der Waals surface area contributed by atoms with Gasteiger partial charge in [-0.05, 0) is 25.0 Å². The third-order valence-corrected chi connectivity index (χ3v) is 5.43. The van der Waals surface area contributed by atoms with E-state index in [-0.39, 0.29) is 11.8 Å². The molecule has 0 bridgehead atoms. The van der Waals surface area contributed by atoms with E-state index in [1.165, 1.54) is 18.4 Å². The van der Waals surface area contributed by atoms with E-state index in [0.717, 1.165) is 24.8 Å². The van der Waals surface area contributed by atoms with Crippen LogP contribution in [0.2, 0.25) is 0 Å². The summed E-state index contributed by atoms with van der Waals surface area (Å²) < 4.78 is 16.1. The van der Waals surface area contributed by atoms with E-state index in [1.54, 1.807) is 38.0 Å². The van der Waals surface area contributed by atoms with Gasteiger partial charge in [-0.1, -0.05) is 12.8 Å². The Labute approximate surface area is 179 Å². The topological polar surface area (TPSA) is 119 Å². The van der Waals surface area contributed by atoms with Crippen molar-refractivity contribution < 1.29 is 29.0 Å². The Morgan fingerprint density at radius 2 is 1.70 bits per heavy atom. The number of methoxy groups -OCH3 is 3. The van der Waals surface area contributed by atoms with Crippen LogP contribution in [-0.4, -0.2) is 49.9 Å². The second-order valence-corrected chi connectivity index (χ2v) is 7.43. The molecule has 1 aromatic carbocycles. The molecule has 3 N–H and O–H groups in total. The monoisotopic (exact) mass is 437 g/mol. The molecule has 0 saturated carbocycles. The second kappa shape index (κ2) is 12.0. The average Bonchev–Trinajstić information content (AvgIpc) is 3.27. The second-order valence-electron chi connectivity index (χ2n) is 6.40. The molecular weight excluding hydrogens is 410 g/mol. The number of carbonyl (C=O) groups excluding carboxylic acids is 2. The van der Waals surface area contributed by atoms with E-state index >= 15 is 0 Å². The van der Waals surface area contributed by atoms with Gasteiger partial charge in [-0.25, -0.2) is 10.5 Å². The van der Waals surface area contributed by atoms with E-state index < -0.39 is 0 Å². The van der Waals surface area contributed by atoms with Gasteiger partial charge >= 0.3 is 0 Å². The minimum atomic E-state index is -0.378. The third kappa shape index (κ3) is 6.33. The number of nitrogens with zero attached hydrogens (tertiary/aromatic N) is 1. The van der Waals surface area contributed by atoms with Crippen molar-refractivity contribution in [3.63, 3.8) is 0 Å². The zero-order chi connectivity index (χ0) is 21.9. The number of unbranched alkanes of at least 4 members (excludes halogenated alkanes) is 3. The first-order valence-corrected chi connectivity index (χ1v) is 10.3. The molecule has 0 atom stereocenters. The highest BCUT2D eigenvalue weighted by atomic mass is 32.1. The molecule has 0 saturated heterocycles. The Morgan fingerprint density at radius 3 is 2.30 bits per heavy atom. The minimum Gasteiger partial charge on any atom is -0.493 e. The maximum atomic E-state index is 12.4. The number of hydroxylamine groups is 1. The number of benzene rings is 1. The number of ether oxygens (including phenoxy) is 3.